The lowest BCUT2D eigenvalue weighted by atomic mass is 10.3. The molecule has 1 atom stereocenters. The molecule has 0 aliphatic heterocycles. The molecule has 0 saturated carbocycles. The van der Waals surface area contributed by atoms with Crippen molar-refractivity contribution < 1.29 is 8.42 Å². The Morgan fingerprint density at radius 2 is 2.06 bits per heavy atom. The largest absolute Gasteiger partial charge is 0.357 e. The van der Waals surface area contributed by atoms with Crippen LogP contribution in [-0.2, 0) is 10.0 Å². The number of hydrogen-bond acceptors (Lipinski definition) is 3. The number of nitrogens with one attached hydrogen (secondary N) is 2. The highest BCUT2D eigenvalue weighted by Gasteiger charge is 2.04. The summed E-state index contributed by atoms with van der Waals surface area (Å²) in [4.78, 5) is 4.12. The van der Waals surface area contributed by atoms with Gasteiger partial charge in [-0.3, -0.25) is 4.99 Å². The highest BCUT2D eigenvalue weighted by Crippen LogP contribution is 1.88. The Kier molecular flexibility index (Phi) is 7.07. The molecule has 0 fully saturated rings. The quantitative estimate of drug-likeness (QED) is 0.442. The fraction of sp³-hybridized carbons (Fsp3) is 0.889. The summed E-state index contributed by atoms with van der Waals surface area (Å²) in [5.74, 6) is 0.491. The van der Waals surface area contributed by atoms with Gasteiger partial charge in [-0.1, -0.05) is 6.92 Å². The molecule has 0 aliphatic carbocycles. The van der Waals surface area contributed by atoms with Crippen molar-refractivity contribution in [1.29, 1.82) is 0 Å². The molecule has 6 nitrogen and oxygen atoms in total. The van der Waals surface area contributed by atoms with Gasteiger partial charge < -0.3 is 10.6 Å². The Morgan fingerprint density at radius 1 is 1.44 bits per heavy atom. The summed E-state index contributed by atoms with van der Waals surface area (Å²) in [6, 6.07) is 0.298. The molecule has 0 spiro atoms. The van der Waals surface area contributed by atoms with Crippen LogP contribution in [0.25, 0.3) is 0 Å². The molecule has 96 valence electrons. The van der Waals surface area contributed by atoms with E-state index in [0.29, 0.717) is 12.0 Å². The van der Waals surface area contributed by atoms with Crippen molar-refractivity contribution in [3.8, 4) is 0 Å². The van der Waals surface area contributed by atoms with Gasteiger partial charge in [-0.25, -0.2) is 13.6 Å². The van der Waals surface area contributed by atoms with Gasteiger partial charge in [0.05, 0.1) is 12.3 Å². The third-order valence-electron chi connectivity index (χ3n) is 1.99. The number of hydrogen-bond donors (Lipinski definition) is 3. The molecule has 0 amide bonds. The van der Waals surface area contributed by atoms with Gasteiger partial charge in [-0.05, 0) is 20.3 Å². The second-order valence-electron chi connectivity index (χ2n) is 3.58. The maximum absolute atomic E-state index is 10.7. The predicted molar refractivity (Wildman–Crippen MR) is 66.8 cm³/mol. The minimum atomic E-state index is -3.43. The number of sulfonamides is 1. The van der Waals surface area contributed by atoms with Gasteiger partial charge in [-0.2, -0.15) is 0 Å². The van der Waals surface area contributed by atoms with E-state index in [2.05, 4.69) is 22.5 Å². The summed E-state index contributed by atoms with van der Waals surface area (Å²) < 4.78 is 21.4. The van der Waals surface area contributed by atoms with Crippen molar-refractivity contribution in [3.05, 3.63) is 0 Å². The van der Waals surface area contributed by atoms with Gasteiger partial charge in [0.15, 0.2) is 5.96 Å². The van der Waals surface area contributed by atoms with Crippen LogP contribution in [0.4, 0.5) is 0 Å². The first-order valence-electron chi connectivity index (χ1n) is 5.44. The van der Waals surface area contributed by atoms with Crippen molar-refractivity contribution in [2.24, 2.45) is 10.1 Å². The fourth-order valence-corrected chi connectivity index (χ4v) is 1.29. The Hall–Kier alpha value is -0.820. The number of aliphatic imine (C=N–C) groups is 1. The van der Waals surface area contributed by atoms with E-state index in [-0.39, 0.29) is 12.3 Å². The fourth-order valence-electron chi connectivity index (χ4n) is 0.940. The minimum Gasteiger partial charge on any atom is -0.357 e. The topological polar surface area (TPSA) is 96.6 Å². The summed E-state index contributed by atoms with van der Waals surface area (Å²) in [6.45, 7) is 6.95. The summed E-state index contributed by atoms with van der Waals surface area (Å²) in [6.07, 6.45) is 0.972. The van der Waals surface area contributed by atoms with E-state index < -0.39 is 10.0 Å². The number of guanidine groups is 1. The van der Waals surface area contributed by atoms with E-state index in [0.717, 1.165) is 13.0 Å². The first kappa shape index (κ1) is 15.2. The summed E-state index contributed by atoms with van der Waals surface area (Å²) in [7, 11) is -3.43. The van der Waals surface area contributed by atoms with Crippen LogP contribution in [0.5, 0.6) is 0 Å². The van der Waals surface area contributed by atoms with Crippen molar-refractivity contribution in [1.82, 2.24) is 10.6 Å². The third-order valence-corrected chi connectivity index (χ3v) is 2.74. The van der Waals surface area contributed by atoms with Crippen molar-refractivity contribution in [3.63, 3.8) is 0 Å². The SMILES string of the molecule is CCNC(=NCCS(N)(=O)=O)NC(C)CC. The van der Waals surface area contributed by atoms with E-state index in [1.807, 2.05) is 13.8 Å². The van der Waals surface area contributed by atoms with Gasteiger partial charge >= 0.3 is 0 Å². The van der Waals surface area contributed by atoms with Crippen LogP contribution >= 0.6 is 0 Å². The third kappa shape index (κ3) is 8.49. The summed E-state index contributed by atoms with van der Waals surface area (Å²) in [5, 5.41) is 11.1. The molecule has 0 radical (unpaired) electrons. The smallest absolute Gasteiger partial charge is 0.210 e. The van der Waals surface area contributed by atoms with Crippen LogP contribution in [0.1, 0.15) is 27.2 Å². The molecule has 0 aromatic rings. The maximum atomic E-state index is 10.7. The zero-order valence-corrected chi connectivity index (χ0v) is 11.0. The van der Waals surface area contributed by atoms with Crippen molar-refractivity contribution >= 4 is 16.0 Å². The standard InChI is InChI=1S/C9H22N4O2S/c1-4-8(3)13-9(11-5-2)12-6-7-16(10,14)15/h8H,4-7H2,1-3H3,(H2,10,14,15)(H2,11,12,13). The lowest BCUT2D eigenvalue weighted by molar-refractivity contribution is 0.597. The molecule has 4 N–H and O–H groups in total. The first-order valence-corrected chi connectivity index (χ1v) is 7.16. The minimum absolute atomic E-state index is 0.135. The average molecular weight is 250 g/mol. The summed E-state index contributed by atoms with van der Waals surface area (Å²) >= 11 is 0. The van der Waals surface area contributed by atoms with Crippen LogP contribution in [0, 0.1) is 0 Å². The lowest BCUT2D eigenvalue weighted by Gasteiger charge is -2.15. The Bertz CT molecular complexity index is 313. The normalized spacial score (nSPS) is 14.6. The average Bonchev–Trinajstić information content (AvgIpc) is 2.15. The molecule has 0 saturated heterocycles. The van der Waals surface area contributed by atoms with Crippen LogP contribution < -0.4 is 15.8 Å². The first-order chi connectivity index (χ1) is 7.39. The van der Waals surface area contributed by atoms with Gasteiger partial charge in [0, 0.05) is 12.6 Å². The van der Waals surface area contributed by atoms with Crippen LogP contribution in [0.3, 0.4) is 0 Å². The maximum Gasteiger partial charge on any atom is 0.210 e. The highest BCUT2D eigenvalue weighted by atomic mass is 32.2. The molecule has 0 aromatic carbocycles. The summed E-state index contributed by atoms with van der Waals surface area (Å²) in [5.41, 5.74) is 0. The van der Waals surface area contributed by atoms with Crippen molar-refractivity contribution in [2.45, 2.75) is 33.2 Å². The number of rotatable bonds is 6. The predicted octanol–water partition coefficient (Wildman–Crippen LogP) is -0.371. The zero-order valence-electron chi connectivity index (χ0n) is 10.2. The van der Waals surface area contributed by atoms with E-state index in [1.54, 1.807) is 0 Å². The van der Waals surface area contributed by atoms with E-state index in [4.69, 9.17) is 5.14 Å². The lowest BCUT2D eigenvalue weighted by Crippen LogP contribution is -2.42. The van der Waals surface area contributed by atoms with E-state index in [9.17, 15) is 8.42 Å². The van der Waals surface area contributed by atoms with Gasteiger partial charge in [-0.15, -0.1) is 0 Å². The Labute approximate surface area is 97.8 Å². The van der Waals surface area contributed by atoms with Crippen LogP contribution in [0.2, 0.25) is 0 Å². The zero-order chi connectivity index (χ0) is 12.6. The van der Waals surface area contributed by atoms with Crippen LogP contribution in [-0.4, -0.2) is 39.3 Å². The second-order valence-corrected chi connectivity index (χ2v) is 5.32. The molecule has 0 aromatic heterocycles. The van der Waals surface area contributed by atoms with Crippen LogP contribution in [0.15, 0.2) is 4.99 Å². The highest BCUT2D eigenvalue weighted by molar-refractivity contribution is 7.89. The van der Waals surface area contributed by atoms with E-state index in [1.165, 1.54) is 0 Å². The van der Waals surface area contributed by atoms with Gasteiger partial charge in [0.2, 0.25) is 10.0 Å². The Balaban J connectivity index is 4.24. The second kappa shape index (κ2) is 7.45. The number of nitrogens with two attached hydrogens (primary N) is 1. The number of primary sulfonamides is 1. The number of nitrogens with zero attached hydrogens (tertiary/aromatic N) is 1. The monoisotopic (exact) mass is 250 g/mol. The molecule has 0 heterocycles. The van der Waals surface area contributed by atoms with Gasteiger partial charge in [0.25, 0.3) is 0 Å². The molecule has 0 aliphatic rings. The molecular formula is C9H22N4O2S. The molecule has 16 heavy (non-hydrogen) atoms. The molecular weight excluding hydrogens is 228 g/mol. The molecule has 7 heteroatoms. The molecule has 0 bridgehead atoms. The van der Waals surface area contributed by atoms with Crippen molar-refractivity contribution in [2.75, 3.05) is 18.8 Å². The Morgan fingerprint density at radius 3 is 2.50 bits per heavy atom. The van der Waals surface area contributed by atoms with Gasteiger partial charge in [0.1, 0.15) is 0 Å². The molecule has 1 unspecified atom stereocenters. The van der Waals surface area contributed by atoms with E-state index >= 15 is 0 Å². The molecule has 0 rings (SSSR count).